The molecule has 0 heterocycles. The van der Waals surface area contributed by atoms with Crippen LogP contribution in [0.1, 0.15) is 49.1 Å². The van der Waals surface area contributed by atoms with Crippen molar-refractivity contribution in [3.63, 3.8) is 0 Å². The van der Waals surface area contributed by atoms with Crippen molar-refractivity contribution in [3.05, 3.63) is 35.4 Å². The van der Waals surface area contributed by atoms with Crippen LogP contribution in [0, 0.1) is 0 Å². The average Bonchev–Trinajstić information content (AvgIpc) is 2.48. The standard InChI is InChI=1S/C17H25N3.HI/c1-18-17(20-15-8-3-2-4-9-15)19-12-14-11-13-7-5-6-10-16(13)14;/h5-7,10,14-15H,2-4,8-9,11-12H2,1H3,(H2,18,19,20);1H. The zero-order valence-electron chi connectivity index (χ0n) is 12.8. The molecule has 3 nitrogen and oxygen atoms in total. The van der Waals surface area contributed by atoms with Crippen LogP contribution in [-0.4, -0.2) is 25.6 Å². The van der Waals surface area contributed by atoms with Crippen LogP contribution in [0.25, 0.3) is 0 Å². The van der Waals surface area contributed by atoms with Crippen LogP contribution in [-0.2, 0) is 6.42 Å². The van der Waals surface area contributed by atoms with Gasteiger partial charge >= 0.3 is 0 Å². The van der Waals surface area contributed by atoms with Gasteiger partial charge in [-0.1, -0.05) is 43.5 Å². The predicted octanol–water partition coefficient (Wildman–Crippen LogP) is 3.44. The van der Waals surface area contributed by atoms with Gasteiger partial charge in [0.05, 0.1) is 0 Å². The van der Waals surface area contributed by atoms with Gasteiger partial charge in [0.2, 0.25) is 0 Å². The Hall–Kier alpha value is -0.780. The van der Waals surface area contributed by atoms with Crippen LogP contribution >= 0.6 is 24.0 Å². The highest BCUT2D eigenvalue weighted by Gasteiger charge is 2.25. The fraction of sp³-hybridized carbons (Fsp3) is 0.588. The lowest BCUT2D eigenvalue weighted by Gasteiger charge is -2.31. The van der Waals surface area contributed by atoms with Gasteiger partial charge < -0.3 is 10.6 Å². The van der Waals surface area contributed by atoms with Gasteiger partial charge in [0, 0.05) is 25.6 Å². The van der Waals surface area contributed by atoms with Crippen LogP contribution in [0.3, 0.4) is 0 Å². The fourth-order valence-electron chi connectivity index (χ4n) is 3.40. The Morgan fingerprint density at radius 3 is 2.67 bits per heavy atom. The van der Waals surface area contributed by atoms with E-state index < -0.39 is 0 Å². The van der Waals surface area contributed by atoms with E-state index in [9.17, 15) is 0 Å². The molecule has 1 fully saturated rings. The van der Waals surface area contributed by atoms with E-state index in [1.165, 1.54) is 49.7 Å². The zero-order valence-corrected chi connectivity index (χ0v) is 15.1. The minimum Gasteiger partial charge on any atom is -0.356 e. The number of halogens is 1. The third kappa shape index (κ3) is 4.11. The van der Waals surface area contributed by atoms with Crippen LogP contribution in [0.4, 0.5) is 0 Å². The number of hydrogen-bond donors (Lipinski definition) is 2. The van der Waals surface area contributed by atoms with Crippen molar-refractivity contribution in [2.24, 2.45) is 4.99 Å². The lowest BCUT2D eigenvalue weighted by atomic mass is 9.78. The molecule has 1 atom stereocenters. The molecule has 21 heavy (non-hydrogen) atoms. The first-order chi connectivity index (χ1) is 9.86. The van der Waals surface area contributed by atoms with Gasteiger partial charge in [-0.25, -0.2) is 0 Å². The van der Waals surface area contributed by atoms with Crippen LogP contribution < -0.4 is 10.6 Å². The van der Waals surface area contributed by atoms with Gasteiger partial charge in [-0.05, 0) is 30.4 Å². The van der Waals surface area contributed by atoms with Crippen molar-refractivity contribution in [1.82, 2.24) is 10.6 Å². The summed E-state index contributed by atoms with van der Waals surface area (Å²) in [5.74, 6) is 1.62. The molecule has 2 N–H and O–H groups in total. The van der Waals surface area contributed by atoms with Crippen LogP contribution in [0.15, 0.2) is 29.3 Å². The summed E-state index contributed by atoms with van der Waals surface area (Å²) < 4.78 is 0. The van der Waals surface area contributed by atoms with E-state index in [0.29, 0.717) is 12.0 Å². The summed E-state index contributed by atoms with van der Waals surface area (Å²) in [6.45, 7) is 0.989. The molecule has 0 aliphatic heterocycles. The highest BCUT2D eigenvalue weighted by atomic mass is 127. The largest absolute Gasteiger partial charge is 0.356 e. The molecule has 0 radical (unpaired) electrons. The summed E-state index contributed by atoms with van der Waals surface area (Å²) >= 11 is 0. The maximum atomic E-state index is 4.36. The van der Waals surface area contributed by atoms with E-state index in [1.807, 2.05) is 7.05 Å². The first-order valence-corrected chi connectivity index (χ1v) is 7.92. The Labute approximate surface area is 145 Å². The Balaban J connectivity index is 0.00000161. The van der Waals surface area contributed by atoms with E-state index in [4.69, 9.17) is 0 Å². The highest BCUT2D eigenvalue weighted by Crippen LogP contribution is 2.33. The molecule has 0 saturated heterocycles. The van der Waals surface area contributed by atoms with E-state index in [1.54, 1.807) is 0 Å². The van der Waals surface area contributed by atoms with Gasteiger partial charge in [-0.15, -0.1) is 24.0 Å². The number of fused-ring (bicyclic) bond motifs is 1. The molecule has 1 saturated carbocycles. The number of nitrogens with one attached hydrogen (secondary N) is 2. The number of aliphatic imine (C=N–C) groups is 1. The normalized spacial score (nSPS) is 21.8. The number of nitrogens with zero attached hydrogens (tertiary/aromatic N) is 1. The second kappa shape index (κ2) is 8.01. The number of guanidine groups is 1. The lowest BCUT2D eigenvalue weighted by molar-refractivity contribution is 0.409. The summed E-state index contributed by atoms with van der Waals surface area (Å²) in [5.41, 5.74) is 3.02. The summed E-state index contributed by atoms with van der Waals surface area (Å²) in [4.78, 5) is 4.36. The molecule has 3 rings (SSSR count). The molecule has 0 spiro atoms. The topological polar surface area (TPSA) is 36.4 Å². The molecule has 2 aliphatic carbocycles. The number of rotatable bonds is 3. The molecular formula is C17H26IN3. The maximum Gasteiger partial charge on any atom is 0.191 e. The summed E-state index contributed by atoms with van der Waals surface area (Å²) in [5, 5.41) is 7.07. The van der Waals surface area contributed by atoms with Crippen LogP contribution in [0.2, 0.25) is 0 Å². The summed E-state index contributed by atoms with van der Waals surface area (Å²) in [7, 11) is 1.87. The monoisotopic (exact) mass is 399 g/mol. The van der Waals surface area contributed by atoms with E-state index in [2.05, 4.69) is 39.9 Å². The van der Waals surface area contributed by atoms with E-state index >= 15 is 0 Å². The Morgan fingerprint density at radius 1 is 1.19 bits per heavy atom. The third-order valence-electron chi connectivity index (χ3n) is 4.65. The quantitative estimate of drug-likeness (QED) is 0.464. The zero-order chi connectivity index (χ0) is 13.8. The van der Waals surface area contributed by atoms with Gasteiger partial charge in [0.1, 0.15) is 0 Å². The molecule has 0 amide bonds. The van der Waals surface area contributed by atoms with Crippen molar-refractivity contribution < 1.29 is 0 Å². The van der Waals surface area contributed by atoms with Crippen molar-refractivity contribution in [2.45, 2.75) is 50.5 Å². The van der Waals surface area contributed by atoms with Crippen molar-refractivity contribution >= 4 is 29.9 Å². The minimum absolute atomic E-state index is 0. The SMILES string of the molecule is CN=C(NCC1Cc2ccccc21)NC1CCCCC1.I. The molecule has 116 valence electrons. The second-order valence-corrected chi connectivity index (χ2v) is 6.03. The fourth-order valence-corrected chi connectivity index (χ4v) is 3.40. The Kier molecular flexibility index (Phi) is 6.33. The molecule has 2 aliphatic rings. The van der Waals surface area contributed by atoms with Gasteiger partial charge in [-0.3, -0.25) is 4.99 Å². The van der Waals surface area contributed by atoms with Gasteiger partial charge in [-0.2, -0.15) is 0 Å². The Morgan fingerprint density at radius 2 is 1.95 bits per heavy atom. The molecule has 1 aromatic carbocycles. The molecule has 1 aromatic rings. The third-order valence-corrected chi connectivity index (χ3v) is 4.65. The second-order valence-electron chi connectivity index (χ2n) is 6.03. The van der Waals surface area contributed by atoms with Crippen molar-refractivity contribution in [3.8, 4) is 0 Å². The first-order valence-electron chi connectivity index (χ1n) is 7.92. The minimum atomic E-state index is 0. The maximum absolute atomic E-state index is 4.36. The summed E-state index contributed by atoms with van der Waals surface area (Å²) in [6, 6.07) is 9.37. The molecule has 4 heteroatoms. The molecular weight excluding hydrogens is 373 g/mol. The lowest BCUT2D eigenvalue weighted by Crippen LogP contribution is -2.46. The van der Waals surface area contributed by atoms with Crippen molar-refractivity contribution in [2.75, 3.05) is 13.6 Å². The van der Waals surface area contributed by atoms with E-state index in [-0.39, 0.29) is 24.0 Å². The van der Waals surface area contributed by atoms with Crippen LogP contribution in [0.5, 0.6) is 0 Å². The van der Waals surface area contributed by atoms with Gasteiger partial charge in [0.25, 0.3) is 0 Å². The smallest absolute Gasteiger partial charge is 0.191 e. The number of hydrogen-bond acceptors (Lipinski definition) is 1. The predicted molar refractivity (Wildman–Crippen MR) is 99.7 cm³/mol. The first kappa shape index (κ1) is 16.6. The number of benzene rings is 1. The van der Waals surface area contributed by atoms with E-state index in [0.717, 1.165) is 12.5 Å². The highest BCUT2D eigenvalue weighted by molar-refractivity contribution is 14.0. The summed E-state index contributed by atoms with van der Waals surface area (Å²) in [6.07, 6.45) is 7.86. The average molecular weight is 399 g/mol. The molecule has 1 unspecified atom stereocenters. The molecule has 0 aromatic heterocycles. The van der Waals surface area contributed by atoms with Crippen molar-refractivity contribution in [1.29, 1.82) is 0 Å². The Bertz CT molecular complexity index is 481. The van der Waals surface area contributed by atoms with Gasteiger partial charge in [0.15, 0.2) is 5.96 Å². The molecule has 0 bridgehead atoms.